The van der Waals surface area contributed by atoms with Gasteiger partial charge < -0.3 is 15.3 Å². The lowest BCUT2D eigenvalue weighted by Crippen LogP contribution is -2.45. The first-order valence-electron chi connectivity index (χ1n) is 8.79. The summed E-state index contributed by atoms with van der Waals surface area (Å²) in [6, 6.07) is 0. The van der Waals surface area contributed by atoms with Crippen molar-refractivity contribution < 1.29 is 14.7 Å². The zero-order valence-corrected chi connectivity index (χ0v) is 13.8. The lowest BCUT2D eigenvalue weighted by atomic mass is 9.94. The zero-order chi connectivity index (χ0) is 16.0. The number of amides is 2. The molecule has 2 N–H and O–H groups in total. The molecule has 126 valence electrons. The molecule has 0 aromatic carbocycles. The molecular weight excluding hydrogens is 280 g/mol. The first kappa shape index (κ1) is 17.3. The van der Waals surface area contributed by atoms with Crippen molar-refractivity contribution in [2.45, 2.75) is 70.3 Å². The third-order valence-electron chi connectivity index (χ3n) is 4.95. The molecule has 2 rings (SSSR count). The number of nitrogens with zero attached hydrogens (tertiary/aromatic N) is 1. The molecule has 0 radical (unpaired) electrons. The molecule has 1 heterocycles. The van der Waals surface area contributed by atoms with E-state index in [1.165, 1.54) is 0 Å². The zero-order valence-electron chi connectivity index (χ0n) is 13.8. The molecule has 0 bridgehead atoms. The van der Waals surface area contributed by atoms with Gasteiger partial charge in [0.2, 0.25) is 11.8 Å². The SMILES string of the molecule is CCCC(=O)NCC1CCCN(C(=O)CC2(O)CCCC2)C1. The number of likely N-dealkylation sites (tertiary alicyclic amines) is 1. The molecule has 0 spiro atoms. The fourth-order valence-corrected chi connectivity index (χ4v) is 3.64. The fourth-order valence-electron chi connectivity index (χ4n) is 3.64. The van der Waals surface area contributed by atoms with Crippen LogP contribution in [-0.4, -0.2) is 47.1 Å². The average molecular weight is 310 g/mol. The number of piperidine rings is 1. The maximum absolute atomic E-state index is 12.4. The first-order valence-corrected chi connectivity index (χ1v) is 8.79. The molecule has 1 unspecified atom stereocenters. The highest BCUT2D eigenvalue weighted by Gasteiger charge is 2.35. The molecule has 1 saturated carbocycles. The lowest BCUT2D eigenvalue weighted by Gasteiger charge is -2.34. The first-order chi connectivity index (χ1) is 10.5. The van der Waals surface area contributed by atoms with Gasteiger partial charge in [0, 0.05) is 26.1 Å². The summed E-state index contributed by atoms with van der Waals surface area (Å²) in [6.45, 7) is 4.15. The van der Waals surface area contributed by atoms with E-state index in [4.69, 9.17) is 0 Å². The molecule has 2 amide bonds. The maximum atomic E-state index is 12.4. The lowest BCUT2D eigenvalue weighted by molar-refractivity contribution is -0.138. The number of hydrogen-bond acceptors (Lipinski definition) is 3. The third-order valence-corrected chi connectivity index (χ3v) is 4.95. The topological polar surface area (TPSA) is 69.6 Å². The van der Waals surface area contributed by atoms with Crippen LogP contribution in [0.25, 0.3) is 0 Å². The van der Waals surface area contributed by atoms with Crippen LogP contribution >= 0.6 is 0 Å². The Morgan fingerprint density at radius 3 is 2.68 bits per heavy atom. The van der Waals surface area contributed by atoms with Crippen molar-refractivity contribution in [2.75, 3.05) is 19.6 Å². The van der Waals surface area contributed by atoms with Gasteiger partial charge in [-0.2, -0.15) is 0 Å². The Labute approximate surface area is 133 Å². The largest absolute Gasteiger partial charge is 0.389 e. The Hall–Kier alpha value is -1.10. The second kappa shape index (κ2) is 7.95. The number of aliphatic hydroxyl groups is 1. The van der Waals surface area contributed by atoms with E-state index in [9.17, 15) is 14.7 Å². The molecule has 2 aliphatic rings. The molecule has 22 heavy (non-hydrogen) atoms. The van der Waals surface area contributed by atoms with E-state index in [2.05, 4.69) is 5.32 Å². The smallest absolute Gasteiger partial charge is 0.225 e. The van der Waals surface area contributed by atoms with E-state index in [0.29, 0.717) is 25.4 Å². The highest BCUT2D eigenvalue weighted by Crippen LogP contribution is 2.33. The van der Waals surface area contributed by atoms with E-state index in [1.807, 2.05) is 11.8 Å². The van der Waals surface area contributed by atoms with Crippen LogP contribution in [0.5, 0.6) is 0 Å². The predicted molar refractivity (Wildman–Crippen MR) is 85.3 cm³/mol. The third kappa shape index (κ3) is 4.97. The Bertz CT molecular complexity index is 391. The number of carbonyl (C=O) groups is 2. The Balaban J connectivity index is 1.77. The molecule has 1 atom stereocenters. The van der Waals surface area contributed by atoms with Crippen LogP contribution in [0.4, 0.5) is 0 Å². The van der Waals surface area contributed by atoms with Crippen LogP contribution in [0.2, 0.25) is 0 Å². The summed E-state index contributed by atoms with van der Waals surface area (Å²) in [6.07, 6.45) is 7.29. The van der Waals surface area contributed by atoms with E-state index in [1.54, 1.807) is 0 Å². The summed E-state index contributed by atoms with van der Waals surface area (Å²) < 4.78 is 0. The van der Waals surface area contributed by atoms with Crippen molar-refractivity contribution in [2.24, 2.45) is 5.92 Å². The van der Waals surface area contributed by atoms with Gasteiger partial charge in [0.25, 0.3) is 0 Å². The fraction of sp³-hybridized carbons (Fsp3) is 0.882. The van der Waals surface area contributed by atoms with Gasteiger partial charge in [0.15, 0.2) is 0 Å². The van der Waals surface area contributed by atoms with Gasteiger partial charge in [-0.1, -0.05) is 19.8 Å². The van der Waals surface area contributed by atoms with Crippen molar-refractivity contribution in [3.8, 4) is 0 Å². The predicted octanol–water partition coefficient (Wildman–Crippen LogP) is 1.84. The van der Waals surface area contributed by atoms with Crippen molar-refractivity contribution in [3.05, 3.63) is 0 Å². The van der Waals surface area contributed by atoms with Crippen molar-refractivity contribution in [1.82, 2.24) is 10.2 Å². The van der Waals surface area contributed by atoms with Crippen molar-refractivity contribution >= 4 is 11.8 Å². The molecule has 5 nitrogen and oxygen atoms in total. The van der Waals surface area contributed by atoms with Crippen LogP contribution in [0.1, 0.15) is 64.7 Å². The monoisotopic (exact) mass is 310 g/mol. The quantitative estimate of drug-likeness (QED) is 0.786. The highest BCUT2D eigenvalue weighted by atomic mass is 16.3. The molecule has 5 heteroatoms. The Morgan fingerprint density at radius 2 is 2.00 bits per heavy atom. The number of hydrogen-bond donors (Lipinski definition) is 2. The second-order valence-electron chi connectivity index (χ2n) is 7.01. The second-order valence-corrected chi connectivity index (χ2v) is 7.01. The van der Waals surface area contributed by atoms with Crippen LogP contribution in [0.15, 0.2) is 0 Å². The number of carbonyl (C=O) groups excluding carboxylic acids is 2. The van der Waals surface area contributed by atoms with Gasteiger partial charge in [-0.15, -0.1) is 0 Å². The number of rotatable bonds is 6. The molecule has 2 fully saturated rings. The summed E-state index contributed by atoms with van der Waals surface area (Å²) in [5.41, 5.74) is -0.765. The molecule has 1 aliphatic heterocycles. The maximum Gasteiger partial charge on any atom is 0.225 e. The van der Waals surface area contributed by atoms with E-state index >= 15 is 0 Å². The summed E-state index contributed by atoms with van der Waals surface area (Å²) >= 11 is 0. The summed E-state index contributed by atoms with van der Waals surface area (Å²) in [5.74, 6) is 0.525. The van der Waals surface area contributed by atoms with E-state index < -0.39 is 5.60 Å². The van der Waals surface area contributed by atoms with Gasteiger partial charge in [-0.25, -0.2) is 0 Å². The average Bonchev–Trinajstić information content (AvgIpc) is 2.92. The van der Waals surface area contributed by atoms with Crippen LogP contribution in [0.3, 0.4) is 0 Å². The molecule has 0 aromatic rings. The molecular formula is C17H30N2O3. The summed E-state index contributed by atoms with van der Waals surface area (Å²) in [4.78, 5) is 25.9. The summed E-state index contributed by atoms with van der Waals surface area (Å²) in [5, 5.41) is 13.4. The normalized spacial score (nSPS) is 24.3. The van der Waals surface area contributed by atoms with Crippen LogP contribution < -0.4 is 5.32 Å². The molecule has 1 saturated heterocycles. The molecule has 0 aromatic heterocycles. The minimum Gasteiger partial charge on any atom is -0.389 e. The van der Waals surface area contributed by atoms with E-state index in [-0.39, 0.29) is 18.2 Å². The van der Waals surface area contributed by atoms with Gasteiger partial charge >= 0.3 is 0 Å². The van der Waals surface area contributed by atoms with Gasteiger partial charge in [0.1, 0.15) is 0 Å². The highest BCUT2D eigenvalue weighted by molar-refractivity contribution is 5.77. The summed E-state index contributed by atoms with van der Waals surface area (Å²) in [7, 11) is 0. The Morgan fingerprint density at radius 1 is 1.27 bits per heavy atom. The van der Waals surface area contributed by atoms with Gasteiger partial charge in [-0.3, -0.25) is 9.59 Å². The Kier molecular flexibility index (Phi) is 6.24. The minimum absolute atomic E-state index is 0.0778. The van der Waals surface area contributed by atoms with Crippen molar-refractivity contribution in [3.63, 3.8) is 0 Å². The van der Waals surface area contributed by atoms with Crippen molar-refractivity contribution in [1.29, 1.82) is 0 Å². The van der Waals surface area contributed by atoms with Crippen LogP contribution in [0, 0.1) is 5.92 Å². The van der Waals surface area contributed by atoms with Gasteiger partial charge in [-0.05, 0) is 38.0 Å². The van der Waals surface area contributed by atoms with E-state index in [0.717, 1.165) is 51.5 Å². The standard InChI is InChI=1S/C17H30N2O3/c1-2-6-15(20)18-12-14-7-5-10-19(13-14)16(21)11-17(22)8-3-4-9-17/h14,22H,2-13H2,1H3,(H,18,20). The van der Waals surface area contributed by atoms with Gasteiger partial charge in [0.05, 0.1) is 12.0 Å². The molecule has 1 aliphatic carbocycles. The minimum atomic E-state index is -0.765. The number of nitrogens with one attached hydrogen (secondary N) is 1. The van der Waals surface area contributed by atoms with Crippen LogP contribution in [-0.2, 0) is 9.59 Å².